The summed E-state index contributed by atoms with van der Waals surface area (Å²) in [6.07, 6.45) is 10.9. The van der Waals surface area contributed by atoms with Crippen LogP contribution in [0.2, 0.25) is 0 Å². The second-order valence-corrected chi connectivity index (χ2v) is 5.38. The van der Waals surface area contributed by atoms with Gasteiger partial charge in [0, 0.05) is 30.8 Å². The average molecular weight is 285 g/mol. The minimum Gasteiger partial charge on any atom is -0.326 e. The molecule has 0 amide bonds. The summed E-state index contributed by atoms with van der Waals surface area (Å²) in [7, 11) is 0. The van der Waals surface area contributed by atoms with E-state index in [9.17, 15) is 0 Å². The van der Waals surface area contributed by atoms with E-state index in [2.05, 4.69) is 50.0 Å². The van der Waals surface area contributed by atoms with Crippen molar-refractivity contribution in [3.8, 4) is 11.6 Å². The van der Waals surface area contributed by atoms with Crippen LogP contribution in [0.3, 0.4) is 0 Å². The maximum absolute atomic E-state index is 4.49. The molecule has 0 saturated carbocycles. The molecule has 0 saturated heterocycles. The average Bonchev–Trinajstić information content (AvgIpc) is 3.19. The largest absolute Gasteiger partial charge is 0.326 e. The fraction of sp³-hybridized carbons (Fsp3) is 0.429. The number of nitrogens with zero attached hydrogens (tertiary/aromatic N) is 7. The van der Waals surface area contributed by atoms with Crippen molar-refractivity contribution in [3.05, 3.63) is 37.4 Å². The molecular formula is C14H19N7. The monoisotopic (exact) mass is 285 g/mol. The van der Waals surface area contributed by atoms with Crippen molar-refractivity contribution in [2.75, 3.05) is 0 Å². The van der Waals surface area contributed by atoms with Gasteiger partial charge in [0.15, 0.2) is 11.6 Å². The zero-order chi connectivity index (χ0) is 14.8. The highest BCUT2D eigenvalue weighted by Crippen LogP contribution is 2.23. The molecule has 0 unspecified atom stereocenters. The van der Waals surface area contributed by atoms with E-state index >= 15 is 0 Å². The van der Waals surface area contributed by atoms with Crippen LogP contribution in [-0.4, -0.2) is 33.9 Å². The smallest absolute Gasteiger partial charge is 0.176 e. The van der Waals surface area contributed by atoms with Gasteiger partial charge in [-0.05, 0) is 20.8 Å². The molecule has 3 heterocycles. The van der Waals surface area contributed by atoms with Crippen molar-refractivity contribution in [2.45, 2.75) is 39.4 Å². The first-order valence-electron chi connectivity index (χ1n) is 7.05. The van der Waals surface area contributed by atoms with E-state index in [-0.39, 0.29) is 6.04 Å². The first kappa shape index (κ1) is 13.5. The maximum Gasteiger partial charge on any atom is 0.176 e. The Morgan fingerprint density at radius 1 is 1.00 bits per heavy atom. The zero-order valence-electron chi connectivity index (χ0n) is 12.5. The van der Waals surface area contributed by atoms with Gasteiger partial charge in [-0.1, -0.05) is 0 Å². The van der Waals surface area contributed by atoms with Crippen LogP contribution in [0.4, 0.5) is 0 Å². The Morgan fingerprint density at radius 2 is 1.67 bits per heavy atom. The van der Waals surface area contributed by atoms with Crippen LogP contribution < -0.4 is 0 Å². The lowest BCUT2D eigenvalue weighted by Crippen LogP contribution is -2.15. The van der Waals surface area contributed by atoms with E-state index in [1.165, 1.54) is 0 Å². The van der Waals surface area contributed by atoms with Crippen LogP contribution in [0.15, 0.2) is 37.4 Å². The predicted octanol–water partition coefficient (Wildman–Crippen LogP) is 2.18. The number of hydrogen-bond donors (Lipinski definition) is 0. The number of imidazole rings is 2. The Morgan fingerprint density at radius 3 is 2.29 bits per heavy atom. The Hall–Kier alpha value is -2.44. The highest BCUT2D eigenvalue weighted by molar-refractivity contribution is 5.45. The number of aromatic nitrogens is 7. The summed E-state index contributed by atoms with van der Waals surface area (Å²) in [4.78, 5) is 12.9. The third kappa shape index (κ3) is 2.58. The highest BCUT2D eigenvalue weighted by atomic mass is 15.3. The van der Waals surface area contributed by atoms with Crippen molar-refractivity contribution in [1.29, 1.82) is 0 Å². The third-order valence-electron chi connectivity index (χ3n) is 3.49. The molecule has 1 atom stereocenters. The fourth-order valence-corrected chi connectivity index (χ4v) is 2.43. The van der Waals surface area contributed by atoms with Crippen LogP contribution >= 0.6 is 0 Å². The summed E-state index contributed by atoms with van der Waals surface area (Å²) in [5, 5.41) is 4.16. The van der Waals surface area contributed by atoms with Crippen molar-refractivity contribution in [3.63, 3.8) is 0 Å². The summed E-state index contributed by atoms with van der Waals surface area (Å²) in [6.45, 7) is 7.15. The van der Waals surface area contributed by atoms with E-state index in [0.29, 0.717) is 6.04 Å². The molecule has 0 aromatic carbocycles. The van der Waals surface area contributed by atoms with E-state index in [0.717, 1.165) is 18.2 Å². The Kier molecular flexibility index (Phi) is 3.55. The van der Waals surface area contributed by atoms with Gasteiger partial charge in [0.2, 0.25) is 0 Å². The molecule has 0 bridgehead atoms. The zero-order valence-corrected chi connectivity index (χ0v) is 12.5. The van der Waals surface area contributed by atoms with Crippen molar-refractivity contribution in [1.82, 2.24) is 33.9 Å². The minimum atomic E-state index is 0.210. The van der Waals surface area contributed by atoms with Gasteiger partial charge in [-0.3, -0.25) is 4.68 Å². The normalized spacial score (nSPS) is 13.0. The highest BCUT2D eigenvalue weighted by Gasteiger charge is 2.17. The van der Waals surface area contributed by atoms with Crippen LogP contribution in [0.1, 0.15) is 32.9 Å². The fourth-order valence-electron chi connectivity index (χ4n) is 2.43. The first-order chi connectivity index (χ1) is 10.2. The van der Waals surface area contributed by atoms with Crippen molar-refractivity contribution >= 4 is 0 Å². The van der Waals surface area contributed by atoms with Crippen molar-refractivity contribution < 1.29 is 0 Å². The summed E-state index contributed by atoms with van der Waals surface area (Å²) in [5.41, 5.74) is 0. The molecule has 7 nitrogen and oxygen atoms in total. The van der Waals surface area contributed by atoms with Gasteiger partial charge in [-0.25, -0.2) is 15.0 Å². The number of rotatable bonds is 5. The Balaban J connectivity index is 1.91. The van der Waals surface area contributed by atoms with Crippen LogP contribution in [0, 0.1) is 0 Å². The van der Waals surface area contributed by atoms with Gasteiger partial charge in [0.05, 0.1) is 12.6 Å². The minimum absolute atomic E-state index is 0.210. The summed E-state index contributed by atoms with van der Waals surface area (Å²) >= 11 is 0. The molecular weight excluding hydrogens is 266 g/mol. The molecule has 0 N–H and O–H groups in total. The Bertz CT molecular complexity index is 693. The molecule has 7 heteroatoms. The maximum atomic E-state index is 4.49. The SMILES string of the molecule is CC(C)n1ccnc1-c1nccn1[C@H](C)Cn1cncn1. The number of hydrogen-bond acceptors (Lipinski definition) is 4. The lowest BCUT2D eigenvalue weighted by Gasteiger charge is -2.17. The standard InChI is InChI=1S/C14H19N7/c1-11(2)20-6-4-16-13(20)14-17-5-7-21(14)12(3)8-19-10-15-9-18-19/h4-7,9-12H,8H2,1-3H3/t12-/m1/s1. The molecule has 0 aliphatic heterocycles. The topological polar surface area (TPSA) is 66.3 Å². The second-order valence-electron chi connectivity index (χ2n) is 5.38. The molecule has 0 fully saturated rings. The Labute approximate surface area is 123 Å². The van der Waals surface area contributed by atoms with E-state index < -0.39 is 0 Å². The third-order valence-corrected chi connectivity index (χ3v) is 3.49. The molecule has 3 aromatic rings. The van der Waals surface area contributed by atoms with Gasteiger partial charge in [-0.2, -0.15) is 5.10 Å². The summed E-state index contributed by atoms with van der Waals surface area (Å²) in [5.74, 6) is 1.77. The molecule has 0 radical (unpaired) electrons. The first-order valence-corrected chi connectivity index (χ1v) is 7.05. The quantitative estimate of drug-likeness (QED) is 0.720. The molecule has 3 aromatic heterocycles. The van der Waals surface area contributed by atoms with E-state index in [1.54, 1.807) is 12.7 Å². The predicted molar refractivity (Wildman–Crippen MR) is 78.6 cm³/mol. The summed E-state index contributed by atoms with van der Waals surface area (Å²) in [6, 6.07) is 0.555. The molecule has 0 spiro atoms. The van der Waals surface area contributed by atoms with Crippen LogP contribution in [0.25, 0.3) is 11.6 Å². The second kappa shape index (κ2) is 5.51. The molecule has 0 aliphatic carbocycles. The summed E-state index contributed by atoms with van der Waals surface area (Å²) < 4.78 is 6.08. The van der Waals surface area contributed by atoms with Gasteiger partial charge >= 0.3 is 0 Å². The molecule has 21 heavy (non-hydrogen) atoms. The lowest BCUT2D eigenvalue weighted by molar-refractivity contribution is 0.437. The van der Waals surface area contributed by atoms with Crippen LogP contribution in [0.5, 0.6) is 0 Å². The van der Waals surface area contributed by atoms with Gasteiger partial charge in [0.1, 0.15) is 12.7 Å². The molecule has 3 rings (SSSR count). The van der Waals surface area contributed by atoms with E-state index in [1.807, 2.05) is 29.5 Å². The van der Waals surface area contributed by atoms with Gasteiger partial charge in [-0.15, -0.1) is 0 Å². The van der Waals surface area contributed by atoms with Crippen LogP contribution in [-0.2, 0) is 6.54 Å². The van der Waals surface area contributed by atoms with Crippen molar-refractivity contribution in [2.24, 2.45) is 0 Å². The van der Waals surface area contributed by atoms with Gasteiger partial charge < -0.3 is 9.13 Å². The van der Waals surface area contributed by atoms with E-state index in [4.69, 9.17) is 0 Å². The molecule has 0 aliphatic rings. The van der Waals surface area contributed by atoms with Gasteiger partial charge in [0.25, 0.3) is 0 Å². The lowest BCUT2D eigenvalue weighted by atomic mass is 10.3. The molecule has 110 valence electrons.